The Hall–Kier alpha value is -1.39. The van der Waals surface area contributed by atoms with E-state index in [-0.39, 0.29) is 0 Å². The zero-order valence-corrected chi connectivity index (χ0v) is 13.4. The van der Waals surface area contributed by atoms with Gasteiger partial charge in [0.15, 0.2) is 0 Å². The fraction of sp³-hybridized carbons (Fsp3) is 0.471. The number of nitrogens with zero attached hydrogens (tertiary/aromatic N) is 2. The van der Waals surface area contributed by atoms with Gasteiger partial charge in [-0.25, -0.2) is 4.98 Å². The van der Waals surface area contributed by atoms with Gasteiger partial charge in [-0.1, -0.05) is 25.1 Å². The average molecular weight is 301 g/mol. The smallest absolute Gasteiger partial charge is 0.109 e. The number of para-hydroxylation sites is 1. The van der Waals surface area contributed by atoms with Crippen molar-refractivity contribution in [1.82, 2.24) is 10.3 Å². The molecule has 1 atom stereocenters. The fourth-order valence-electron chi connectivity index (χ4n) is 3.00. The maximum atomic E-state index is 4.46. The topological polar surface area (TPSA) is 28.2 Å². The summed E-state index contributed by atoms with van der Waals surface area (Å²) in [5, 5.41) is 7.09. The van der Waals surface area contributed by atoms with Crippen LogP contribution in [0.25, 0.3) is 0 Å². The van der Waals surface area contributed by atoms with Crippen LogP contribution < -0.4 is 10.2 Å². The maximum Gasteiger partial charge on any atom is 0.109 e. The molecule has 2 heterocycles. The fourth-order valence-corrected chi connectivity index (χ4v) is 3.78. The van der Waals surface area contributed by atoms with Crippen LogP contribution in [0.4, 0.5) is 5.69 Å². The second-order valence-electron chi connectivity index (χ2n) is 5.59. The Balaban J connectivity index is 1.54. The van der Waals surface area contributed by atoms with Crippen LogP contribution in [0.2, 0.25) is 0 Å². The molecule has 4 heteroatoms. The SMILES string of the molecule is CCC(NC1CCN(c2ccccc2)CC1)c1nccs1. The third-order valence-corrected chi connectivity index (χ3v) is 5.10. The van der Waals surface area contributed by atoms with Crippen molar-refractivity contribution >= 4 is 17.0 Å². The number of benzene rings is 1. The molecule has 1 unspecified atom stereocenters. The minimum atomic E-state index is 0.415. The molecule has 2 aromatic rings. The van der Waals surface area contributed by atoms with Gasteiger partial charge in [0, 0.05) is 36.4 Å². The summed E-state index contributed by atoms with van der Waals surface area (Å²) in [5.41, 5.74) is 1.35. The molecule has 0 saturated carbocycles. The molecule has 1 aliphatic rings. The van der Waals surface area contributed by atoms with Gasteiger partial charge in [-0.3, -0.25) is 0 Å². The predicted octanol–water partition coefficient (Wildman–Crippen LogP) is 3.85. The van der Waals surface area contributed by atoms with E-state index in [0.29, 0.717) is 12.1 Å². The Morgan fingerprint density at radius 3 is 2.67 bits per heavy atom. The van der Waals surface area contributed by atoms with Gasteiger partial charge < -0.3 is 10.2 Å². The lowest BCUT2D eigenvalue weighted by Gasteiger charge is -2.35. The number of piperidine rings is 1. The quantitative estimate of drug-likeness (QED) is 0.909. The van der Waals surface area contributed by atoms with Crippen LogP contribution in [0.5, 0.6) is 0 Å². The highest BCUT2D eigenvalue weighted by molar-refractivity contribution is 7.09. The number of nitrogens with one attached hydrogen (secondary N) is 1. The van der Waals surface area contributed by atoms with Crippen LogP contribution in [0.1, 0.15) is 37.2 Å². The molecule has 1 saturated heterocycles. The summed E-state index contributed by atoms with van der Waals surface area (Å²) in [7, 11) is 0. The van der Waals surface area contributed by atoms with Gasteiger partial charge in [0.2, 0.25) is 0 Å². The second kappa shape index (κ2) is 7.05. The predicted molar refractivity (Wildman–Crippen MR) is 90.0 cm³/mol. The zero-order chi connectivity index (χ0) is 14.5. The molecule has 0 spiro atoms. The van der Waals surface area contributed by atoms with Crippen LogP contribution in [0.3, 0.4) is 0 Å². The molecule has 0 aliphatic carbocycles. The molecule has 1 aliphatic heterocycles. The highest BCUT2D eigenvalue weighted by atomic mass is 32.1. The number of rotatable bonds is 5. The summed E-state index contributed by atoms with van der Waals surface area (Å²) < 4.78 is 0. The van der Waals surface area contributed by atoms with Gasteiger partial charge in [0.25, 0.3) is 0 Å². The van der Waals surface area contributed by atoms with E-state index in [1.54, 1.807) is 11.3 Å². The zero-order valence-electron chi connectivity index (χ0n) is 12.5. The Kier molecular flexibility index (Phi) is 4.88. The first-order chi connectivity index (χ1) is 10.4. The Morgan fingerprint density at radius 1 is 1.29 bits per heavy atom. The maximum absolute atomic E-state index is 4.46. The third kappa shape index (κ3) is 3.63. The lowest BCUT2D eigenvalue weighted by Crippen LogP contribution is -2.43. The number of hydrogen-bond acceptors (Lipinski definition) is 4. The molecule has 0 bridgehead atoms. The van der Waals surface area contributed by atoms with Crippen molar-refractivity contribution in [1.29, 1.82) is 0 Å². The lowest BCUT2D eigenvalue weighted by molar-refractivity contribution is 0.363. The first-order valence-corrected chi connectivity index (χ1v) is 8.70. The minimum absolute atomic E-state index is 0.415. The van der Waals surface area contributed by atoms with Crippen molar-refractivity contribution in [3.63, 3.8) is 0 Å². The van der Waals surface area contributed by atoms with Crippen LogP contribution in [-0.4, -0.2) is 24.1 Å². The van der Waals surface area contributed by atoms with Gasteiger partial charge in [0.05, 0.1) is 6.04 Å². The van der Waals surface area contributed by atoms with Gasteiger partial charge >= 0.3 is 0 Å². The molecule has 0 radical (unpaired) electrons. The van der Waals surface area contributed by atoms with Crippen molar-refractivity contribution in [2.75, 3.05) is 18.0 Å². The summed E-state index contributed by atoms with van der Waals surface area (Å²) in [4.78, 5) is 6.95. The highest BCUT2D eigenvalue weighted by Gasteiger charge is 2.22. The second-order valence-corrected chi connectivity index (χ2v) is 6.52. The lowest BCUT2D eigenvalue weighted by atomic mass is 10.0. The Bertz CT molecular complexity index is 518. The average Bonchev–Trinajstić information content (AvgIpc) is 3.08. The van der Waals surface area contributed by atoms with Crippen molar-refractivity contribution in [2.45, 2.75) is 38.3 Å². The van der Waals surface area contributed by atoms with Crippen molar-refractivity contribution < 1.29 is 0 Å². The first-order valence-electron chi connectivity index (χ1n) is 7.82. The number of aromatic nitrogens is 1. The molecule has 0 amide bonds. The molecule has 1 aromatic carbocycles. The molecule has 112 valence electrons. The van der Waals surface area contributed by atoms with Crippen LogP contribution in [0.15, 0.2) is 41.9 Å². The molecule has 1 fully saturated rings. The standard InChI is InChI=1S/C17H23N3S/c1-2-16(17-18-10-13-21-17)19-14-8-11-20(12-9-14)15-6-4-3-5-7-15/h3-7,10,13-14,16,19H,2,8-9,11-12H2,1H3. The summed E-state index contributed by atoms with van der Waals surface area (Å²) in [6.07, 6.45) is 5.42. The molecular weight excluding hydrogens is 278 g/mol. The number of thiazole rings is 1. The summed E-state index contributed by atoms with van der Waals surface area (Å²) in [5.74, 6) is 0. The van der Waals surface area contributed by atoms with Gasteiger partial charge in [-0.2, -0.15) is 0 Å². The molecule has 21 heavy (non-hydrogen) atoms. The molecule has 1 aromatic heterocycles. The molecule has 3 rings (SSSR count). The first kappa shape index (κ1) is 14.5. The van der Waals surface area contributed by atoms with E-state index in [4.69, 9.17) is 0 Å². The van der Waals surface area contributed by atoms with E-state index < -0.39 is 0 Å². The van der Waals surface area contributed by atoms with Crippen LogP contribution in [0, 0.1) is 0 Å². The van der Waals surface area contributed by atoms with E-state index in [0.717, 1.165) is 19.5 Å². The molecule has 1 N–H and O–H groups in total. The minimum Gasteiger partial charge on any atom is -0.371 e. The normalized spacial score (nSPS) is 17.9. The van der Waals surface area contributed by atoms with Crippen LogP contribution in [-0.2, 0) is 0 Å². The number of anilines is 1. The summed E-state index contributed by atoms with van der Waals surface area (Å²) >= 11 is 1.76. The summed E-state index contributed by atoms with van der Waals surface area (Å²) in [6.45, 7) is 4.50. The number of hydrogen-bond donors (Lipinski definition) is 1. The van der Waals surface area contributed by atoms with E-state index >= 15 is 0 Å². The third-order valence-electron chi connectivity index (χ3n) is 4.21. The monoisotopic (exact) mass is 301 g/mol. The van der Waals surface area contributed by atoms with Gasteiger partial charge in [-0.05, 0) is 31.4 Å². The molecular formula is C17H23N3S. The van der Waals surface area contributed by atoms with Crippen LogP contribution >= 0.6 is 11.3 Å². The van der Waals surface area contributed by atoms with Gasteiger partial charge in [0.1, 0.15) is 5.01 Å². The molecule has 3 nitrogen and oxygen atoms in total. The Labute approximate surface area is 131 Å². The van der Waals surface area contributed by atoms with Crippen molar-refractivity contribution in [3.8, 4) is 0 Å². The van der Waals surface area contributed by atoms with Crippen molar-refractivity contribution in [2.24, 2.45) is 0 Å². The highest BCUT2D eigenvalue weighted by Crippen LogP contribution is 2.24. The Morgan fingerprint density at radius 2 is 2.05 bits per heavy atom. The van der Waals surface area contributed by atoms with E-state index in [9.17, 15) is 0 Å². The van der Waals surface area contributed by atoms with E-state index in [1.165, 1.54) is 23.5 Å². The van der Waals surface area contributed by atoms with E-state index in [2.05, 4.69) is 57.8 Å². The van der Waals surface area contributed by atoms with E-state index in [1.807, 2.05) is 6.20 Å². The largest absolute Gasteiger partial charge is 0.371 e. The summed E-state index contributed by atoms with van der Waals surface area (Å²) in [6, 6.07) is 11.8. The van der Waals surface area contributed by atoms with Crippen molar-refractivity contribution in [3.05, 3.63) is 46.9 Å². The van der Waals surface area contributed by atoms with Gasteiger partial charge in [-0.15, -0.1) is 11.3 Å².